The molecule has 0 radical (unpaired) electrons. The quantitative estimate of drug-likeness (QED) is 0.296. The summed E-state index contributed by atoms with van der Waals surface area (Å²) in [6.45, 7) is 0. The summed E-state index contributed by atoms with van der Waals surface area (Å²) in [7, 11) is 0. The Morgan fingerprint density at radius 3 is 1.17 bits per heavy atom. The van der Waals surface area contributed by atoms with Crippen LogP contribution < -0.4 is 29.6 Å². The van der Waals surface area contributed by atoms with E-state index >= 15 is 0 Å². The molecule has 0 aliphatic rings. The fourth-order valence-corrected chi connectivity index (χ4v) is 0. The Kier molecular flexibility index (Phi) is 57.0. The molecule has 26 valence electrons. The fraction of sp³-hybridized carbons (Fsp3) is 0. The summed E-state index contributed by atoms with van der Waals surface area (Å²) in [5.74, 6) is 0. The summed E-state index contributed by atoms with van der Waals surface area (Å²) in [5.41, 5.74) is 0. The van der Waals surface area contributed by atoms with Gasteiger partial charge in [0.05, 0.1) is 0 Å². The summed E-state index contributed by atoms with van der Waals surface area (Å²) in [6, 6.07) is 2.47. The first-order valence-corrected chi connectivity index (χ1v) is 0.697. The number of nitrogens with zero attached hydrogens (tertiary/aromatic N) is 2. The summed E-state index contributed by atoms with van der Waals surface area (Å²) < 4.78 is 0. The molecule has 3 nitrogen and oxygen atoms in total. The van der Waals surface area contributed by atoms with Gasteiger partial charge < -0.3 is 5.48 Å². The van der Waals surface area contributed by atoms with Gasteiger partial charge in [0.2, 0.25) is 0 Å². The van der Waals surface area contributed by atoms with E-state index in [4.69, 9.17) is 10.5 Å². The molecule has 0 saturated carbocycles. The van der Waals surface area contributed by atoms with Gasteiger partial charge in [-0.2, -0.15) is 10.5 Å². The van der Waals surface area contributed by atoms with Crippen LogP contribution in [0.1, 0.15) is 0 Å². The van der Waals surface area contributed by atoms with Crippen molar-refractivity contribution in [2.75, 3.05) is 0 Å². The van der Waals surface area contributed by atoms with Gasteiger partial charge in [-0.15, -0.1) is 0 Å². The van der Waals surface area contributed by atoms with E-state index < -0.39 is 0 Å². The van der Waals surface area contributed by atoms with Crippen molar-refractivity contribution in [2.45, 2.75) is 0 Å². The molecule has 0 amide bonds. The van der Waals surface area contributed by atoms with E-state index in [1.807, 2.05) is 0 Å². The Bertz CT molecular complexity index is 66.5. The predicted octanol–water partition coefficient (Wildman–Crippen LogP) is -3.14. The third-order valence-electron chi connectivity index (χ3n) is 0.0500. The van der Waals surface area contributed by atoms with Crippen LogP contribution >= 0.6 is 0 Å². The first-order chi connectivity index (χ1) is 1.91. The van der Waals surface area contributed by atoms with Crippen molar-refractivity contribution in [3.8, 4) is 12.1 Å². The molecule has 0 fully saturated rings. The molecule has 0 atom stereocenters. The van der Waals surface area contributed by atoms with E-state index in [2.05, 4.69) is 0 Å². The molecule has 0 aromatic rings. The zero-order valence-corrected chi connectivity index (χ0v) is 5.34. The van der Waals surface area contributed by atoms with Gasteiger partial charge in [0.15, 0.2) is 12.1 Å². The molecule has 0 aromatic carbocycles. The minimum absolute atomic E-state index is 0. The van der Waals surface area contributed by atoms with E-state index in [0.717, 1.165) is 0 Å². The van der Waals surface area contributed by atoms with E-state index in [-0.39, 0.29) is 35.0 Å². The Morgan fingerprint density at radius 1 is 1.00 bits per heavy atom. The van der Waals surface area contributed by atoms with E-state index in [0.29, 0.717) is 0 Å². The van der Waals surface area contributed by atoms with Gasteiger partial charge in [-0.3, -0.25) is 0 Å². The maximum Gasteiger partial charge on any atom is 1.00 e. The first-order valence-electron chi connectivity index (χ1n) is 0.697. The molecule has 0 bridgehead atoms. The van der Waals surface area contributed by atoms with Gasteiger partial charge in [0.1, 0.15) is 0 Å². The largest absolute Gasteiger partial charge is 1.00 e. The van der Waals surface area contributed by atoms with Gasteiger partial charge in [0.25, 0.3) is 0 Å². The second-order valence-electron chi connectivity index (χ2n) is 0.224. The minimum atomic E-state index is 0. The van der Waals surface area contributed by atoms with Crippen LogP contribution in [0.2, 0.25) is 0 Å². The molecule has 1 N–H and O–H groups in total. The van der Waals surface area contributed by atoms with Gasteiger partial charge in [-0.05, 0) is 0 Å². The summed E-state index contributed by atoms with van der Waals surface area (Å²) in [5, 5.41) is 14.5. The molecule has 0 rings (SSSR count). The molecule has 0 heterocycles. The molecule has 0 aliphatic heterocycles. The zero-order chi connectivity index (χ0) is 3.41. The molecule has 0 unspecified atom stereocenters. The molecule has 4 heteroatoms. The average Bonchev–Trinajstić information content (AvgIpc) is 1.37. The van der Waals surface area contributed by atoms with E-state index in [1.165, 1.54) is 12.1 Å². The number of hydrogen-bond donors (Lipinski definition) is 0. The number of hydrogen-bond acceptors (Lipinski definition) is 3. The van der Waals surface area contributed by atoms with Crippen LogP contribution in [-0.2, 0) is 0 Å². The van der Waals surface area contributed by atoms with Gasteiger partial charge in [-0.1, -0.05) is 0 Å². The van der Waals surface area contributed by atoms with Crippen molar-refractivity contribution in [1.82, 2.24) is 0 Å². The van der Waals surface area contributed by atoms with Crippen molar-refractivity contribution in [3.63, 3.8) is 0 Å². The van der Waals surface area contributed by atoms with Crippen molar-refractivity contribution in [2.24, 2.45) is 0 Å². The van der Waals surface area contributed by atoms with Crippen molar-refractivity contribution in [1.29, 1.82) is 10.5 Å². The van der Waals surface area contributed by atoms with Crippen LogP contribution in [0.5, 0.6) is 0 Å². The Hall–Kier alpha value is -0.0600. The second-order valence-corrected chi connectivity index (χ2v) is 0.224. The maximum atomic E-state index is 7.26. The second kappa shape index (κ2) is 20.4. The van der Waals surface area contributed by atoms with Gasteiger partial charge in [-0.25, -0.2) is 0 Å². The van der Waals surface area contributed by atoms with Gasteiger partial charge >= 0.3 is 29.6 Å². The SMILES string of the molecule is N#CC#N.[Na+].[OH-]. The summed E-state index contributed by atoms with van der Waals surface area (Å²) in [6.07, 6.45) is 0. The fourth-order valence-electron chi connectivity index (χ4n) is 0. The van der Waals surface area contributed by atoms with Crippen LogP contribution in [0, 0.1) is 22.7 Å². The molecular weight excluding hydrogens is 91.0 g/mol. The molecule has 6 heavy (non-hydrogen) atoms. The molecular formula is C2HN2NaO. The smallest absolute Gasteiger partial charge is 0.870 e. The standard InChI is InChI=1S/C2N2.Na.H2O/c3-1-2-4;;/h;;1H2/q;+1;/p-1. The van der Waals surface area contributed by atoms with Crippen LogP contribution in [0.3, 0.4) is 0 Å². The normalized spacial score (nSPS) is 1.67. The molecule has 0 saturated heterocycles. The Morgan fingerprint density at radius 2 is 1.17 bits per heavy atom. The van der Waals surface area contributed by atoms with Crippen LogP contribution in [0.25, 0.3) is 0 Å². The summed E-state index contributed by atoms with van der Waals surface area (Å²) in [4.78, 5) is 0. The molecule has 0 aromatic heterocycles. The predicted molar refractivity (Wildman–Crippen MR) is 13.2 cm³/mol. The van der Waals surface area contributed by atoms with Crippen LogP contribution in [0.15, 0.2) is 0 Å². The molecule has 0 aliphatic carbocycles. The van der Waals surface area contributed by atoms with Crippen molar-refractivity contribution in [3.05, 3.63) is 0 Å². The number of nitriles is 2. The van der Waals surface area contributed by atoms with Crippen molar-refractivity contribution < 1.29 is 35.0 Å². The third kappa shape index (κ3) is 38.5. The topological polar surface area (TPSA) is 77.6 Å². The van der Waals surface area contributed by atoms with Crippen molar-refractivity contribution >= 4 is 0 Å². The van der Waals surface area contributed by atoms with E-state index in [9.17, 15) is 0 Å². The van der Waals surface area contributed by atoms with Crippen LogP contribution in [-0.4, -0.2) is 5.48 Å². The summed E-state index contributed by atoms with van der Waals surface area (Å²) >= 11 is 0. The Balaban J connectivity index is -0.0000000450. The average molecular weight is 92.0 g/mol. The minimum Gasteiger partial charge on any atom is -0.870 e. The third-order valence-corrected chi connectivity index (χ3v) is 0.0500. The van der Waals surface area contributed by atoms with E-state index in [1.54, 1.807) is 0 Å². The Labute approximate surface area is 57.8 Å². The molecule has 0 spiro atoms. The first kappa shape index (κ1) is 16.8. The zero-order valence-electron chi connectivity index (χ0n) is 3.34. The van der Waals surface area contributed by atoms with Crippen LogP contribution in [0.4, 0.5) is 0 Å². The monoisotopic (exact) mass is 92.0 g/mol. The van der Waals surface area contributed by atoms with Gasteiger partial charge in [0, 0.05) is 0 Å². The maximum absolute atomic E-state index is 7.26. The number of rotatable bonds is 0.